The summed E-state index contributed by atoms with van der Waals surface area (Å²) >= 11 is 0. The second-order valence-electron chi connectivity index (χ2n) is 2.06. The van der Waals surface area contributed by atoms with Crippen molar-refractivity contribution in [3.63, 3.8) is 0 Å². The van der Waals surface area contributed by atoms with Crippen LogP contribution < -0.4 is 0 Å². The zero-order valence-corrected chi connectivity index (χ0v) is 5.40. The van der Waals surface area contributed by atoms with E-state index in [1.54, 1.807) is 6.20 Å². The standard InChI is InChI=1S/C6H5N3O/c1-4-2-6-5(8-4)3-7-9-10-6/h2-3H,1H3. The van der Waals surface area contributed by atoms with Crippen LogP contribution in [0.3, 0.4) is 0 Å². The van der Waals surface area contributed by atoms with E-state index in [0.717, 1.165) is 11.4 Å². The van der Waals surface area contributed by atoms with Gasteiger partial charge in [0.05, 0.1) is 6.20 Å². The number of hydrogen-bond donors (Lipinski definition) is 0. The molecule has 0 N–H and O–H groups in total. The molecule has 0 aromatic rings. The minimum atomic E-state index is 0.688. The second-order valence-corrected chi connectivity index (χ2v) is 2.06. The summed E-state index contributed by atoms with van der Waals surface area (Å²) in [6.07, 6.45) is 1.58. The van der Waals surface area contributed by atoms with Crippen LogP contribution in [0, 0.1) is 6.92 Å². The minimum absolute atomic E-state index is 0.688. The third-order valence-corrected chi connectivity index (χ3v) is 1.26. The smallest absolute Gasteiger partial charge is 0.188 e. The maximum Gasteiger partial charge on any atom is 0.188 e. The highest BCUT2D eigenvalue weighted by Gasteiger charge is 2.07. The van der Waals surface area contributed by atoms with Crippen molar-refractivity contribution in [1.29, 1.82) is 0 Å². The first-order valence-electron chi connectivity index (χ1n) is 2.91. The topological polar surface area (TPSA) is 51.8 Å². The van der Waals surface area contributed by atoms with Crippen LogP contribution in [0.1, 0.15) is 5.69 Å². The predicted octanol–water partition coefficient (Wildman–Crippen LogP) is 0.878. The van der Waals surface area contributed by atoms with Crippen LogP contribution in [0.25, 0.3) is 11.5 Å². The number of aromatic nitrogens is 3. The fourth-order valence-corrected chi connectivity index (χ4v) is 0.852. The molecule has 4 heteroatoms. The summed E-state index contributed by atoms with van der Waals surface area (Å²) in [6, 6.07) is 1.82. The molecule has 0 bridgehead atoms. The summed E-state index contributed by atoms with van der Waals surface area (Å²) in [5.74, 6) is 0.688. The molecule has 2 aliphatic rings. The molecule has 2 heterocycles. The van der Waals surface area contributed by atoms with Gasteiger partial charge in [-0.3, -0.25) is 0 Å². The molecule has 0 aliphatic carbocycles. The fraction of sp³-hybridized carbons (Fsp3) is 0.167. The molecule has 0 radical (unpaired) electrons. The van der Waals surface area contributed by atoms with Crippen molar-refractivity contribution in [3.8, 4) is 11.5 Å². The summed E-state index contributed by atoms with van der Waals surface area (Å²) in [5, 5.41) is 6.91. The fourth-order valence-electron chi connectivity index (χ4n) is 0.852. The summed E-state index contributed by atoms with van der Waals surface area (Å²) in [7, 11) is 0. The van der Waals surface area contributed by atoms with Gasteiger partial charge >= 0.3 is 0 Å². The molecular weight excluding hydrogens is 130 g/mol. The summed E-state index contributed by atoms with van der Waals surface area (Å²) in [6.45, 7) is 1.90. The van der Waals surface area contributed by atoms with Crippen LogP contribution in [0.5, 0.6) is 0 Å². The zero-order chi connectivity index (χ0) is 6.97. The summed E-state index contributed by atoms with van der Waals surface area (Å²) in [4.78, 5) is 4.12. The van der Waals surface area contributed by atoms with E-state index in [1.165, 1.54) is 0 Å². The van der Waals surface area contributed by atoms with Crippen molar-refractivity contribution in [2.75, 3.05) is 0 Å². The Morgan fingerprint density at radius 2 is 2.40 bits per heavy atom. The van der Waals surface area contributed by atoms with E-state index in [2.05, 4.69) is 15.4 Å². The average molecular weight is 135 g/mol. The van der Waals surface area contributed by atoms with Gasteiger partial charge in [0.15, 0.2) is 5.76 Å². The van der Waals surface area contributed by atoms with Crippen molar-refractivity contribution in [3.05, 3.63) is 18.0 Å². The molecule has 2 rings (SSSR count). The molecule has 4 nitrogen and oxygen atoms in total. The minimum Gasteiger partial charge on any atom is -0.337 e. The van der Waals surface area contributed by atoms with Crippen LogP contribution in [0.4, 0.5) is 0 Å². The average Bonchev–Trinajstić information content (AvgIpc) is 2.27. The van der Waals surface area contributed by atoms with Crippen LogP contribution >= 0.6 is 0 Å². The van der Waals surface area contributed by atoms with E-state index in [9.17, 15) is 0 Å². The van der Waals surface area contributed by atoms with Crippen molar-refractivity contribution in [2.45, 2.75) is 6.92 Å². The summed E-state index contributed by atoms with van der Waals surface area (Å²) < 4.78 is 4.81. The first-order valence-corrected chi connectivity index (χ1v) is 2.91. The highest BCUT2D eigenvalue weighted by atomic mass is 16.5. The van der Waals surface area contributed by atoms with Crippen LogP contribution in [0.2, 0.25) is 0 Å². The van der Waals surface area contributed by atoms with Crippen LogP contribution in [-0.2, 0) is 0 Å². The highest BCUT2D eigenvalue weighted by molar-refractivity contribution is 5.52. The van der Waals surface area contributed by atoms with E-state index in [-0.39, 0.29) is 0 Å². The lowest BCUT2D eigenvalue weighted by atomic mass is 10.4. The monoisotopic (exact) mass is 135 g/mol. The van der Waals surface area contributed by atoms with E-state index in [4.69, 9.17) is 4.52 Å². The lowest BCUT2D eigenvalue weighted by molar-refractivity contribution is 0.371. The molecule has 0 aromatic heterocycles. The molecule has 0 aromatic carbocycles. The van der Waals surface area contributed by atoms with Gasteiger partial charge in [-0.05, 0) is 6.92 Å². The van der Waals surface area contributed by atoms with Crippen molar-refractivity contribution in [1.82, 2.24) is 15.4 Å². The molecule has 50 valence electrons. The summed E-state index contributed by atoms with van der Waals surface area (Å²) in [5.41, 5.74) is 1.68. The van der Waals surface area contributed by atoms with Gasteiger partial charge < -0.3 is 4.52 Å². The quantitative estimate of drug-likeness (QED) is 0.538. The molecule has 0 spiro atoms. The zero-order valence-electron chi connectivity index (χ0n) is 5.40. The Labute approximate surface area is 57.2 Å². The third kappa shape index (κ3) is 0.655. The SMILES string of the molecule is Cc1cc2onncc-2n1. The Balaban J connectivity index is 2.76. The molecule has 0 atom stereocenters. The lowest BCUT2D eigenvalue weighted by Gasteiger charge is -1.86. The van der Waals surface area contributed by atoms with Gasteiger partial charge in [-0.15, -0.1) is 5.10 Å². The van der Waals surface area contributed by atoms with Gasteiger partial charge in [0.25, 0.3) is 0 Å². The Morgan fingerprint density at radius 1 is 1.50 bits per heavy atom. The van der Waals surface area contributed by atoms with Crippen molar-refractivity contribution < 1.29 is 4.52 Å². The lowest BCUT2D eigenvalue weighted by Crippen LogP contribution is -1.81. The van der Waals surface area contributed by atoms with E-state index < -0.39 is 0 Å². The maximum atomic E-state index is 4.81. The molecular formula is C6H5N3O. The molecule has 10 heavy (non-hydrogen) atoms. The van der Waals surface area contributed by atoms with Gasteiger partial charge in [-0.25, -0.2) is 4.98 Å². The van der Waals surface area contributed by atoms with E-state index in [0.29, 0.717) is 5.76 Å². The molecule has 0 fully saturated rings. The van der Waals surface area contributed by atoms with Gasteiger partial charge in [-0.1, -0.05) is 0 Å². The predicted molar refractivity (Wildman–Crippen MR) is 33.5 cm³/mol. The maximum absolute atomic E-state index is 4.81. The number of nitrogens with zero attached hydrogens (tertiary/aromatic N) is 3. The van der Waals surface area contributed by atoms with Gasteiger partial charge in [0, 0.05) is 17.0 Å². The largest absolute Gasteiger partial charge is 0.337 e. The van der Waals surface area contributed by atoms with Crippen molar-refractivity contribution >= 4 is 0 Å². The number of fused-ring (bicyclic) bond motifs is 1. The Morgan fingerprint density at radius 3 is 3.20 bits per heavy atom. The van der Waals surface area contributed by atoms with E-state index in [1.807, 2.05) is 13.0 Å². The normalized spacial score (nSPS) is 10.5. The molecule has 0 unspecified atom stereocenters. The molecule has 2 aliphatic heterocycles. The Kier molecular flexibility index (Phi) is 0.943. The van der Waals surface area contributed by atoms with Crippen LogP contribution in [0.15, 0.2) is 16.8 Å². The highest BCUT2D eigenvalue weighted by Crippen LogP contribution is 2.18. The van der Waals surface area contributed by atoms with Crippen LogP contribution in [-0.4, -0.2) is 15.4 Å². The Hall–Kier alpha value is -1.45. The van der Waals surface area contributed by atoms with Gasteiger partial charge in [0.1, 0.15) is 5.69 Å². The Bertz CT molecular complexity index is 287. The second kappa shape index (κ2) is 1.76. The molecule has 0 saturated carbocycles. The number of hydrogen-bond acceptors (Lipinski definition) is 4. The number of rotatable bonds is 0. The molecule has 0 saturated heterocycles. The van der Waals surface area contributed by atoms with E-state index >= 15 is 0 Å². The van der Waals surface area contributed by atoms with Gasteiger partial charge in [-0.2, -0.15) is 0 Å². The van der Waals surface area contributed by atoms with Crippen molar-refractivity contribution in [2.24, 2.45) is 0 Å². The van der Waals surface area contributed by atoms with Gasteiger partial charge in [0.2, 0.25) is 0 Å². The molecule has 0 amide bonds. The first kappa shape index (κ1) is 5.34. The number of aryl methyl sites for hydroxylation is 1. The third-order valence-electron chi connectivity index (χ3n) is 1.26. The first-order chi connectivity index (χ1) is 4.86.